The standard InChI is InChI=1S/C12H18F4O4/c1-7(2)5-19-9(17)11(13,14)12(15,16)10(18)20-6-8(3)4/h7-8H,5-6H2,1-4H3. The van der Waals surface area contributed by atoms with Crippen molar-refractivity contribution in [2.45, 2.75) is 39.5 Å². The van der Waals surface area contributed by atoms with Gasteiger partial charge in [0.15, 0.2) is 0 Å². The summed E-state index contributed by atoms with van der Waals surface area (Å²) in [6.45, 7) is 5.26. The normalized spacial score (nSPS) is 12.7. The zero-order chi connectivity index (χ0) is 16.1. The first kappa shape index (κ1) is 18.7. The molecule has 0 radical (unpaired) electrons. The van der Waals surface area contributed by atoms with Crippen molar-refractivity contribution in [3.8, 4) is 0 Å². The molecule has 8 heteroatoms. The van der Waals surface area contributed by atoms with Crippen molar-refractivity contribution in [3.05, 3.63) is 0 Å². The highest BCUT2D eigenvalue weighted by molar-refractivity contribution is 5.90. The summed E-state index contributed by atoms with van der Waals surface area (Å²) < 4.78 is 61.3. The summed E-state index contributed by atoms with van der Waals surface area (Å²) in [4.78, 5) is 22.0. The van der Waals surface area contributed by atoms with E-state index < -0.39 is 37.0 Å². The van der Waals surface area contributed by atoms with Crippen molar-refractivity contribution in [2.24, 2.45) is 11.8 Å². The van der Waals surface area contributed by atoms with E-state index in [4.69, 9.17) is 0 Å². The fraction of sp³-hybridized carbons (Fsp3) is 0.833. The van der Waals surface area contributed by atoms with E-state index in [1.165, 1.54) is 0 Å². The number of carbonyl (C=O) groups excluding carboxylic acids is 2. The molecule has 0 aliphatic heterocycles. The molecule has 0 aliphatic carbocycles. The third kappa shape index (κ3) is 4.64. The van der Waals surface area contributed by atoms with E-state index in [0.29, 0.717) is 0 Å². The molecule has 0 N–H and O–H groups in total. The van der Waals surface area contributed by atoms with Crippen LogP contribution in [0.4, 0.5) is 17.6 Å². The second-order valence-corrected chi connectivity index (χ2v) is 5.13. The summed E-state index contributed by atoms with van der Waals surface area (Å²) in [6.07, 6.45) is 0. The number of rotatable bonds is 7. The lowest BCUT2D eigenvalue weighted by atomic mass is 10.1. The van der Waals surface area contributed by atoms with Crippen molar-refractivity contribution in [1.82, 2.24) is 0 Å². The topological polar surface area (TPSA) is 52.6 Å². The van der Waals surface area contributed by atoms with Gasteiger partial charge >= 0.3 is 23.8 Å². The van der Waals surface area contributed by atoms with Crippen LogP contribution in [0.15, 0.2) is 0 Å². The Morgan fingerprint density at radius 3 is 1.25 bits per heavy atom. The number of alkyl halides is 4. The Morgan fingerprint density at radius 2 is 1.05 bits per heavy atom. The van der Waals surface area contributed by atoms with Gasteiger partial charge in [-0.2, -0.15) is 17.6 Å². The van der Waals surface area contributed by atoms with Crippen molar-refractivity contribution in [1.29, 1.82) is 0 Å². The van der Waals surface area contributed by atoms with Crippen molar-refractivity contribution >= 4 is 11.9 Å². The van der Waals surface area contributed by atoms with Crippen LogP contribution in [0.5, 0.6) is 0 Å². The molecule has 0 unspecified atom stereocenters. The van der Waals surface area contributed by atoms with E-state index >= 15 is 0 Å². The average molecular weight is 302 g/mol. The molecule has 0 aliphatic rings. The quantitative estimate of drug-likeness (QED) is 0.536. The molecule has 0 atom stereocenters. The smallest absolute Gasteiger partial charge is 0.415 e. The van der Waals surface area contributed by atoms with Crippen LogP contribution < -0.4 is 0 Å². The molecule has 0 aromatic rings. The average Bonchev–Trinajstić information content (AvgIpc) is 2.32. The van der Waals surface area contributed by atoms with Gasteiger partial charge < -0.3 is 9.47 Å². The van der Waals surface area contributed by atoms with Gasteiger partial charge in [0.25, 0.3) is 0 Å². The largest absolute Gasteiger partial charge is 0.461 e. The number of ether oxygens (including phenoxy) is 2. The van der Waals surface area contributed by atoms with Gasteiger partial charge in [-0.25, -0.2) is 9.59 Å². The number of carbonyl (C=O) groups is 2. The molecular formula is C12H18F4O4. The summed E-state index contributed by atoms with van der Waals surface area (Å²) in [7, 11) is 0. The molecule has 0 heterocycles. The van der Waals surface area contributed by atoms with E-state index in [0.717, 1.165) is 0 Å². The summed E-state index contributed by atoms with van der Waals surface area (Å²) >= 11 is 0. The molecule has 0 rings (SSSR count). The lowest BCUT2D eigenvalue weighted by molar-refractivity contribution is -0.238. The molecule has 20 heavy (non-hydrogen) atoms. The minimum Gasteiger partial charge on any atom is -0.461 e. The van der Waals surface area contributed by atoms with Crippen LogP contribution in [0.1, 0.15) is 27.7 Å². The zero-order valence-corrected chi connectivity index (χ0v) is 11.7. The maximum absolute atomic E-state index is 13.3. The van der Waals surface area contributed by atoms with Crippen LogP contribution in [0, 0.1) is 11.8 Å². The van der Waals surface area contributed by atoms with Crippen molar-refractivity contribution in [3.63, 3.8) is 0 Å². The van der Waals surface area contributed by atoms with Crippen LogP contribution in [0.25, 0.3) is 0 Å². The molecule has 0 fully saturated rings. The first-order valence-electron chi connectivity index (χ1n) is 6.03. The first-order valence-corrected chi connectivity index (χ1v) is 6.03. The van der Waals surface area contributed by atoms with Crippen LogP contribution >= 0.6 is 0 Å². The predicted molar refractivity (Wildman–Crippen MR) is 61.5 cm³/mol. The molecular weight excluding hydrogens is 284 g/mol. The number of hydrogen-bond donors (Lipinski definition) is 0. The minimum atomic E-state index is -5.27. The van der Waals surface area contributed by atoms with Crippen molar-refractivity contribution in [2.75, 3.05) is 13.2 Å². The second-order valence-electron chi connectivity index (χ2n) is 5.13. The minimum absolute atomic E-state index is 0.309. The van der Waals surface area contributed by atoms with E-state index in [-0.39, 0.29) is 11.8 Å². The molecule has 0 bridgehead atoms. The molecule has 4 nitrogen and oxygen atoms in total. The highest BCUT2D eigenvalue weighted by Crippen LogP contribution is 2.36. The van der Waals surface area contributed by atoms with Gasteiger partial charge in [-0.1, -0.05) is 27.7 Å². The SMILES string of the molecule is CC(C)COC(=O)C(F)(F)C(F)(F)C(=O)OCC(C)C. The molecule has 0 saturated heterocycles. The summed E-state index contributed by atoms with van der Waals surface area (Å²) in [5.41, 5.74) is 0. The summed E-state index contributed by atoms with van der Waals surface area (Å²) in [6, 6.07) is 0. The third-order valence-electron chi connectivity index (χ3n) is 2.00. The van der Waals surface area contributed by atoms with Crippen LogP contribution in [0.3, 0.4) is 0 Å². The summed E-state index contributed by atoms with van der Waals surface area (Å²) in [5.74, 6) is -16.0. The number of halogens is 4. The Hall–Kier alpha value is -1.34. The summed E-state index contributed by atoms with van der Waals surface area (Å²) in [5, 5.41) is 0. The lowest BCUT2D eigenvalue weighted by Crippen LogP contribution is -2.54. The first-order chi connectivity index (χ1) is 8.92. The molecule has 0 aromatic heterocycles. The van der Waals surface area contributed by atoms with Gasteiger partial charge in [0, 0.05) is 0 Å². The fourth-order valence-corrected chi connectivity index (χ4v) is 0.922. The van der Waals surface area contributed by atoms with Crippen LogP contribution in [-0.2, 0) is 19.1 Å². The predicted octanol–water partition coefficient (Wildman–Crippen LogP) is 2.66. The highest BCUT2D eigenvalue weighted by Gasteiger charge is 2.69. The highest BCUT2D eigenvalue weighted by atomic mass is 19.3. The van der Waals surface area contributed by atoms with Gasteiger partial charge in [-0.15, -0.1) is 0 Å². The van der Waals surface area contributed by atoms with E-state index in [2.05, 4.69) is 9.47 Å². The number of esters is 2. The Balaban J connectivity index is 4.86. The van der Waals surface area contributed by atoms with Gasteiger partial charge in [0.1, 0.15) is 0 Å². The Kier molecular flexibility index (Phi) is 6.43. The number of hydrogen-bond acceptors (Lipinski definition) is 4. The monoisotopic (exact) mass is 302 g/mol. The zero-order valence-electron chi connectivity index (χ0n) is 11.7. The van der Waals surface area contributed by atoms with Gasteiger partial charge in [-0.3, -0.25) is 0 Å². The van der Waals surface area contributed by atoms with Crippen LogP contribution in [0.2, 0.25) is 0 Å². The Labute approximate surface area is 114 Å². The molecule has 0 amide bonds. The van der Waals surface area contributed by atoms with Gasteiger partial charge in [-0.05, 0) is 11.8 Å². The van der Waals surface area contributed by atoms with E-state index in [1.54, 1.807) is 27.7 Å². The molecule has 118 valence electrons. The fourth-order valence-electron chi connectivity index (χ4n) is 0.922. The molecule has 0 aromatic carbocycles. The second kappa shape index (κ2) is 6.90. The van der Waals surface area contributed by atoms with Crippen LogP contribution in [-0.4, -0.2) is 37.0 Å². The third-order valence-corrected chi connectivity index (χ3v) is 2.00. The molecule has 0 saturated carbocycles. The lowest BCUT2D eigenvalue weighted by Gasteiger charge is -2.23. The maximum atomic E-state index is 13.3. The molecule has 0 spiro atoms. The Morgan fingerprint density at radius 1 is 0.800 bits per heavy atom. The van der Waals surface area contributed by atoms with Gasteiger partial charge in [0.05, 0.1) is 13.2 Å². The Bertz CT molecular complexity index is 319. The maximum Gasteiger partial charge on any atom is 0.415 e. The van der Waals surface area contributed by atoms with Gasteiger partial charge in [0.2, 0.25) is 0 Å². The van der Waals surface area contributed by atoms with E-state index in [1.807, 2.05) is 0 Å². The van der Waals surface area contributed by atoms with Crippen molar-refractivity contribution < 1.29 is 36.6 Å². The van der Waals surface area contributed by atoms with E-state index in [9.17, 15) is 27.2 Å².